The topological polar surface area (TPSA) is 127 Å². The standard InChI is InChI=1S/C24H39NO9/c1-16(26)32-14-8-6-7-9-19(25-31-5)10-11-20-21(12-13-24(29)30-4)23(34-18(3)28)15-22(20)33-17(2)27/h20-23H,6-15H2,1-5H3/b25-19+. The lowest BCUT2D eigenvalue weighted by molar-refractivity contribution is -0.149. The lowest BCUT2D eigenvalue weighted by Gasteiger charge is -2.26. The molecular weight excluding hydrogens is 446 g/mol. The van der Waals surface area contributed by atoms with E-state index < -0.39 is 24.1 Å². The molecule has 1 aliphatic carbocycles. The molecule has 0 aromatic rings. The Morgan fingerprint density at radius 2 is 1.35 bits per heavy atom. The van der Waals surface area contributed by atoms with Crippen molar-refractivity contribution in [2.24, 2.45) is 17.0 Å². The predicted octanol–water partition coefficient (Wildman–Crippen LogP) is 3.35. The molecule has 0 saturated heterocycles. The van der Waals surface area contributed by atoms with Crippen LogP contribution in [0.5, 0.6) is 0 Å². The number of esters is 4. The number of carbonyl (C=O) groups excluding carboxylic acids is 4. The average molecular weight is 486 g/mol. The molecule has 0 aliphatic heterocycles. The highest BCUT2D eigenvalue weighted by Crippen LogP contribution is 2.42. The van der Waals surface area contributed by atoms with Crippen LogP contribution in [0.3, 0.4) is 0 Å². The third kappa shape index (κ3) is 11.5. The summed E-state index contributed by atoms with van der Waals surface area (Å²) in [5.74, 6) is -1.70. The number of hydrogen-bond acceptors (Lipinski definition) is 10. The van der Waals surface area contributed by atoms with Crippen LogP contribution in [-0.4, -0.2) is 62.6 Å². The Hall–Kier alpha value is -2.65. The van der Waals surface area contributed by atoms with Gasteiger partial charge in [-0.15, -0.1) is 0 Å². The molecule has 0 bridgehead atoms. The van der Waals surface area contributed by atoms with Crippen LogP contribution in [0.25, 0.3) is 0 Å². The summed E-state index contributed by atoms with van der Waals surface area (Å²) in [6.07, 6.45) is 4.66. The Morgan fingerprint density at radius 1 is 0.765 bits per heavy atom. The fourth-order valence-corrected chi connectivity index (χ4v) is 4.52. The quantitative estimate of drug-likeness (QED) is 0.113. The number of nitrogens with zero attached hydrogens (tertiary/aromatic N) is 1. The minimum atomic E-state index is -0.444. The van der Waals surface area contributed by atoms with Gasteiger partial charge in [-0.1, -0.05) is 5.16 Å². The zero-order valence-electron chi connectivity index (χ0n) is 21.0. The van der Waals surface area contributed by atoms with Crippen LogP contribution in [-0.2, 0) is 43.0 Å². The van der Waals surface area contributed by atoms with Crippen molar-refractivity contribution in [3.63, 3.8) is 0 Å². The van der Waals surface area contributed by atoms with Crippen molar-refractivity contribution in [3.8, 4) is 0 Å². The van der Waals surface area contributed by atoms with E-state index in [-0.39, 0.29) is 30.2 Å². The first kappa shape index (κ1) is 29.4. The maximum Gasteiger partial charge on any atom is 0.305 e. The number of unbranched alkanes of at least 4 members (excludes halogenated alkanes) is 2. The second kappa shape index (κ2) is 16.1. The molecule has 0 radical (unpaired) electrons. The van der Waals surface area contributed by atoms with E-state index >= 15 is 0 Å². The van der Waals surface area contributed by atoms with E-state index in [1.54, 1.807) is 0 Å². The third-order valence-corrected chi connectivity index (χ3v) is 5.92. The van der Waals surface area contributed by atoms with E-state index in [1.807, 2.05) is 0 Å². The van der Waals surface area contributed by atoms with E-state index in [4.69, 9.17) is 23.8 Å². The Morgan fingerprint density at radius 3 is 1.85 bits per heavy atom. The predicted molar refractivity (Wildman–Crippen MR) is 123 cm³/mol. The first-order valence-corrected chi connectivity index (χ1v) is 11.8. The number of ether oxygens (including phenoxy) is 4. The molecule has 10 heteroatoms. The highest BCUT2D eigenvalue weighted by atomic mass is 16.6. The Balaban J connectivity index is 2.82. The molecule has 4 atom stereocenters. The van der Waals surface area contributed by atoms with Crippen molar-refractivity contribution in [1.82, 2.24) is 0 Å². The minimum absolute atomic E-state index is 0.107. The Kier molecular flexibility index (Phi) is 13.9. The lowest BCUT2D eigenvalue weighted by atomic mass is 9.85. The number of carbonyl (C=O) groups is 4. The maximum absolute atomic E-state index is 11.8. The molecule has 194 valence electrons. The van der Waals surface area contributed by atoms with Crippen molar-refractivity contribution in [2.45, 2.75) is 90.8 Å². The van der Waals surface area contributed by atoms with Gasteiger partial charge in [0.2, 0.25) is 0 Å². The molecule has 0 spiro atoms. The summed E-state index contributed by atoms with van der Waals surface area (Å²) in [4.78, 5) is 51.0. The van der Waals surface area contributed by atoms with Gasteiger partial charge in [0.25, 0.3) is 0 Å². The molecule has 1 aliphatic rings. The first-order chi connectivity index (χ1) is 16.2. The van der Waals surface area contributed by atoms with Gasteiger partial charge < -0.3 is 23.8 Å². The molecule has 1 saturated carbocycles. The van der Waals surface area contributed by atoms with Gasteiger partial charge in [0.05, 0.1) is 19.4 Å². The lowest BCUT2D eigenvalue weighted by Crippen LogP contribution is -2.28. The summed E-state index contributed by atoms with van der Waals surface area (Å²) >= 11 is 0. The summed E-state index contributed by atoms with van der Waals surface area (Å²) in [6.45, 7) is 4.49. The molecule has 0 N–H and O–H groups in total. The molecule has 0 aromatic heterocycles. The van der Waals surface area contributed by atoms with Crippen molar-refractivity contribution in [2.75, 3.05) is 20.8 Å². The molecule has 10 nitrogen and oxygen atoms in total. The molecule has 0 aromatic carbocycles. The monoisotopic (exact) mass is 485 g/mol. The fraction of sp³-hybridized carbons (Fsp3) is 0.792. The van der Waals surface area contributed by atoms with Gasteiger partial charge in [-0.3, -0.25) is 19.2 Å². The van der Waals surface area contributed by atoms with Gasteiger partial charge in [0.1, 0.15) is 19.3 Å². The van der Waals surface area contributed by atoms with Crippen LogP contribution in [0.15, 0.2) is 5.16 Å². The van der Waals surface area contributed by atoms with E-state index in [2.05, 4.69) is 5.16 Å². The molecule has 1 rings (SSSR count). The van der Waals surface area contributed by atoms with Gasteiger partial charge in [-0.05, 0) is 44.9 Å². The Bertz CT molecular complexity index is 707. The SMILES string of the molecule is CO/N=C(\CCCCCOC(C)=O)CCC1C(OC(C)=O)CC(OC(C)=O)C1CCC(=O)OC. The summed E-state index contributed by atoms with van der Waals surface area (Å²) < 4.78 is 20.8. The second-order valence-electron chi connectivity index (χ2n) is 8.50. The number of rotatable bonds is 15. The third-order valence-electron chi connectivity index (χ3n) is 5.92. The first-order valence-electron chi connectivity index (χ1n) is 11.8. The van der Waals surface area contributed by atoms with Gasteiger partial charge in [0, 0.05) is 45.4 Å². The van der Waals surface area contributed by atoms with Crippen LogP contribution in [0, 0.1) is 11.8 Å². The molecule has 1 fully saturated rings. The van der Waals surface area contributed by atoms with Crippen molar-refractivity contribution < 1.29 is 43.0 Å². The molecule has 4 unspecified atom stereocenters. The van der Waals surface area contributed by atoms with E-state index in [9.17, 15) is 19.2 Å². The summed E-state index contributed by atoms with van der Waals surface area (Å²) in [6, 6.07) is 0. The maximum atomic E-state index is 11.8. The van der Waals surface area contributed by atoms with Crippen LogP contribution >= 0.6 is 0 Å². The molecule has 34 heavy (non-hydrogen) atoms. The van der Waals surface area contributed by atoms with E-state index in [1.165, 1.54) is 35.0 Å². The average Bonchev–Trinajstić information content (AvgIpc) is 3.06. The van der Waals surface area contributed by atoms with Crippen molar-refractivity contribution in [3.05, 3.63) is 0 Å². The van der Waals surface area contributed by atoms with Gasteiger partial charge in [0.15, 0.2) is 0 Å². The van der Waals surface area contributed by atoms with Gasteiger partial charge >= 0.3 is 23.9 Å². The fourth-order valence-electron chi connectivity index (χ4n) is 4.52. The number of hydrogen-bond donors (Lipinski definition) is 0. The molecule has 0 amide bonds. The highest BCUT2D eigenvalue weighted by molar-refractivity contribution is 5.84. The smallest absolute Gasteiger partial charge is 0.305 e. The second-order valence-corrected chi connectivity index (χ2v) is 8.50. The molecule has 0 heterocycles. The normalized spacial score (nSPS) is 22.1. The zero-order chi connectivity index (χ0) is 25.5. The largest absolute Gasteiger partial charge is 0.469 e. The van der Waals surface area contributed by atoms with E-state index in [0.717, 1.165) is 31.4 Å². The van der Waals surface area contributed by atoms with Crippen LogP contribution in [0.2, 0.25) is 0 Å². The van der Waals surface area contributed by atoms with Gasteiger partial charge in [-0.2, -0.15) is 0 Å². The summed E-state index contributed by atoms with van der Waals surface area (Å²) in [5, 5.41) is 4.16. The Labute approximate surface area is 201 Å². The zero-order valence-corrected chi connectivity index (χ0v) is 21.0. The number of methoxy groups -OCH3 is 1. The van der Waals surface area contributed by atoms with Crippen molar-refractivity contribution in [1.29, 1.82) is 0 Å². The van der Waals surface area contributed by atoms with Crippen LogP contribution < -0.4 is 0 Å². The summed E-state index contributed by atoms with van der Waals surface area (Å²) in [7, 11) is 2.83. The van der Waals surface area contributed by atoms with E-state index in [0.29, 0.717) is 32.3 Å². The van der Waals surface area contributed by atoms with Crippen molar-refractivity contribution >= 4 is 29.6 Å². The van der Waals surface area contributed by atoms with Gasteiger partial charge in [-0.25, -0.2) is 0 Å². The van der Waals surface area contributed by atoms with Crippen LogP contribution in [0.4, 0.5) is 0 Å². The van der Waals surface area contributed by atoms with Crippen LogP contribution in [0.1, 0.15) is 78.6 Å². The minimum Gasteiger partial charge on any atom is -0.469 e. The molecular formula is C24H39NO9. The number of oxime groups is 1. The summed E-state index contributed by atoms with van der Waals surface area (Å²) in [5.41, 5.74) is 0.874. The highest BCUT2D eigenvalue weighted by Gasteiger charge is 2.46.